The molecule has 2 aromatic rings. The fourth-order valence-corrected chi connectivity index (χ4v) is 3.55. The molecule has 1 aromatic heterocycles. The monoisotopic (exact) mass is 369 g/mol. The maximum absolute atomic E-state index is 12.3. The van der Waals surface area contributed by atoms with Gasteiger partial charge in [0.15, 0.2) is 12.4 Å². The molecule has 1 aliphatic rings. The minimum Gasteiger partial charge on any atom is -0.454 e. The summed E-state index contributed by atoms with van der Waals surface area (Å²) in [6, 6.07) is 8.83. The van der Waals surface area contributed by atoms with Crippen molar-refractivity contribution < 1.29 is 19.1 Å². The molecule has 1 amide bonds. The number of ether oxygens (including phenoxy) is 1. The van der Waals surface area contributed by atoms with Crippen LogP contribution in [0.4, 0.5) is 5.69 Å². The molecule has 0 unspecified atom stereocenters. The van der Waals surface area contributed by atoms with Gasteiger partial charge in [0.05, 0.1) is 0 Å². The fraction of sp³-hybridized carbons (Fsp3) is 0.250. The Bertz CT molecular complexity index is 868. The lowest BCUT2D eigenvalue weighted by Gasteiger charge is -2.16. The molecule has 1 aromatic carbocycles. The van der Waals surface area contributed by atoms with Crippen molar-refractivity contribution in [2.75, 3.05) is 18.1 Å². The van der Waals surface area contributed by atoms with E-state index in [9.17, 15) is 14.4 Å². The summed E-state index contributed by atoms with van der Waals surface area (Å²) in [4.78, 5) is 38.6. The third kappa shape index (κ3) is 4.26. The van der Waals surface area contributed by atoms with E-state index in [1.165, 1.54) is 17.4 Å². The first kappa shape index (κ1) is 18.1. The van der Waals surface area contributed by atoms with Crippen LogP contribution in [-0.2, 0) is 14.3 Å². The number of thiophene rings is 1. The first-order valence-corrected chi connectivity index (χ1v) is 9.25. The second-order valence-electron chi connectivity index (χ2n) is 6.03. The van der Waals surface area contributed by atoms with Crippen molar-refractivity contribution in [2.24, 2.45) is 0 Å². The zero-order chi connectivity index (χ0) is 18.5. The molecule has 0 aliphatic carbocycles. The largest absolute Gasteiger partial charge is 0.454 e. The highest BCUT2D eigenvalue weighted by Gasteiger charge is 2.22. The van der Waals surface area contributed by atoms with E-state index in [2.05, 4.69) is 0 Å². The molecule has 1 fully saturated rings. The van der Waals surface area contributed by atoms with E-state index in [0.29, 0.717) is 24.2 Å². The van der Waals surface area contributed by atoms with Gasteiger partial charge >= 0.3 is 5.97 Å². The highest BCUT2D eigenvalue weighted by atomic mass is 32.1. The molecule has 2 heterocycles. The van der Waals surface area contributed by atoms with E-state index >= 15 is 0 Å². The van der Waals surface area contributed by atoms with Crippen LogP contribution in [0.25, 0.3) is 6.08 Å². The number of carbonyl (C=O) groups is 3. The lowest BCUT2D eigenvalue weighted by atomic mass is 10.1. The normalized spacial score (nSPS) is 14.2. The van der Waals surface area contributed by atoms with Gasteiger partial charge in [0.1, 0.15) is 0 Å². The summed E-state index contributed by atoms with van der Waals surface area (Å²) in [6.07, 6.45) is 4.37. The van der Waals surface area contributed by atoms with E-state index < -0.39 is 5.97 Å². The average molecular weight is 369 g/mol. The number of esters is 1. The van der Waals surface area contributed by atoms with Crippen LogP contribution >= 0.6 is 11.3 Å². The van der Waals surface area contributed by atoms with E-state index in [0.717, 1.165) is 16.9 Å². The molecular weight excluding hydrogens is 350 g/mol. The zero-order valence-electron chi connectivity index (χ0n) is 14.4. The molecular formula is C20H19NO4S. The number of nitrogens with zero attached hydrogens (tertiary/aromatic N) is 1. The summed E-state index contributed by atoms with van der Waals surface area (Å²) >= 11 is 1.53. The van der Waals surface area contributed by atoms with Crippen LogP contribution in [0.3, 0.4) is 0 Å². The number of benzene rings is 1. The van der Waals surface area contributed by atoms with E-state index in [1.807, 2.05) is 18.4 Å². The van der Waals surface area contributed by atoms with Crippen molar-refractivity contribution in [1.29, 1.82) is 0 Å². The number of hydrogen-bond donors (Lipinski definition) is 0. The van der Waals surface area contributed by atoms with Gasteiger partial charge in [-0.25, -0.2) is 4.79 Å². The predicted octanol–water partition coefficient (Wildman–Crippen LogP) is 3.62. The van der Waals surface area contributed by atoms with Crippen LogP contribution in [0.5, 0.6) is 0 Å². The molecule has 26 heavy (non-hydrogen) atoms. The lowest BCUT2D eigenvalue weighted by Crippen LogP contribution is -2.24. The van der Waals surface area contributed by atoms with Crippen molar-refractivity contribution in [3.8, 4) is 0 Å². The Balaban J connectivity index is 1.58. The SMILES string of the molecule is Cc1ccsc1/C=C/C(=O)OCC(=O)c1cccc(N2CCCC2=O)c1. The van der Waals surface area contributed by atoms with Gasteiger partial charge in [-0.2, -0.15) is 0 Å². The molecule has 0 saturated carbocycles. The molecule has 3 rings (SSSR count). The maximum Gasteiger partial charge on any atom is 0.331 e. The Morgan fingerprint density at radius 1 is 1.31 bits per heavy atom. The van der Waals surface area contributed by atoms with Gasteiger partial charge in [-0.1, -0.05) is 12.1 Å². The third-order valence-electron chi connectivity index (χ3n) is 4.17. The van der Waals surface area contributed by atoms with Crippen LogP contribution in [0, 0.1) is 6.92 Å². The molecule has 0 bridgehead atoms. The van der Waals surface area contributed by atoms with Gasteiger partial charge in [0, 0.05) is 35.2 Å². The molecule has 1 saturated heterocycles. The van der Waals surface area contributed by atoms with Crippen LogP contribution < -0.4 is 4.90 Å². The quantitative estimate of drug-likeness (QED) is 0.443. The van der Waals surface area contributed by atoms with E-state index in [4.69, 9.17) is 4.74 Å². The average Bonchev–Trinajstić information content (AvgIpc) is 3.26. The standard InChI is InChI=1S/C20H19NO4S/c1-14-9-11-26-18(14)7-8-20(24)25-13-17(22)15-4-2-5-16(12-15)21-10-3-6-19(21)23/h2,4-5,7-9,11-12H,3,6,10,13H2,1H3/b8-7+. The molecule has 5 nitrogen and oxygen atoms in total. The molecule has 0 radical (unpaired) electrons. The highest BCUT2D eigenvalue weighted by Crippen LogP contribution is 2.22. The summed E-state index contributed by atoms with van der Waals surface area (Å²) in [6.45, 7) is 2.30. The summed E-state index contributed by atoms with van der Waals surface area (Å²) in [5.41, 5.74) is 2.22. The smallest absolute Gasteiger partial charge is 0.331 e. The Morgan fingerprint density at radius 2 is 2.15 bits per heavy atom. The summed E-state index contributed by atoms with van der Waals surface area (Å²) in [5.74, 6) is -0.792. The number of amides is 1. The van der Waals surface area contributed by atoms with Crippen molar-refractivity contribution in [3.63, 3.8) is 0 Å². The predicted molar refractivity (Wildman–Crippen MR) is 101 cm³/mol. The number of Topliss-reactive ketones (excluding diaryl/α,β-unsaturated/α-hetero) is 1. The molecule has 0 N–H and O–H groups in total. The third-order valence-corrected chi connectivity index (χ3v) is 5.16. The Hall–Kier alpha value is -2.73. The Labute approximate surface area is 155 Å². The number of hydrogen-bond acceptors (Lipinski definition) is 5. The molecule has 0 atom stereocenters. The van der Waals surface area contributed by atoms with Gasteiger partial charge in [0.25, 0.3) is 0 Å². The molecule has 1 aliphatic heterocycles. The van der Waals surface area contributed by atoms with Crippen LogP contribution in [0.1, 0.15) is 33.6 Å². The summed E-state index contributed by atoms with van der Waals surface area (Å²) in [5, 5.41) is 1.95. The number of rotatable bonds is 6. The van der Waals surface area contributed by atoms with Gasteiger partial charge in [0.2, 0.25) is 5.91 Å². The minimum atomic E-state index is -0.558. The lowest BCUT2D eigenvalue weighted by molar-refractivity contribution is -0.136. The van der Waals surface area contributed by atoms with Crippen molar-refractivity contribution in [2.45, 2.75) is 19.8 Å². The van der Waals surface area contributed by atoms with Crippen LogP contribution in [0.2, 0.25) is 0 Å². The van der Waals surface area contributed by atoms with Crippen molar-refractivity contribution in [3.05, 3.63) is 57.8 Å². The Morgan fingerprint density at radius 3 is 2.85 bits per heavy atom. The van der Waals surface area contributed by atoms with Crippen molar-refractivity contribution >= 4 is 40.8 Å². The maximum atomic E-state index is 12.3. The topological polar surface area (TPSA) is 63.7 Å². The minimum absolute atomic E-state index is 0.0648. The highest BCUT2D eigenvalue weighted by molar-refractivity contribution is 7.11. The zero-order valence-corrected chi connectivity index (χ0v) is 15.3. The number of anilines is 1. The number of ketones is 1. The summed E-state index contributed by atoms with van der Waals surface area (Å²) < 4.78 is 5.03. The first-order valence-electron chi connectivity index (χ1n) is 8.37. The Kier molecular flexibility index (Phi) is 5.63. The van der Waals surface area contributed by atoms with Gasteiger partial charge in [-0.05, 0) is 48.6 Å². The van der Waals surface area contributed by atoms with Gasteiger partial charge in [-0.3, -0.25) is 9.59 Å². The molecule has 134 valence electrons. The molecule has 0 spiro atoms. The van der Waals surface area contributed by atoms with Gasteiger partial charge < -0.3 is 9.64 Å². The van der Waals surface area contributed by atoms with Crippen LogP contribution in [-0.4, -0.2) is 30.8 Å². The fourth-order valence-electron chi connectivity index (χ4n) is 2.74. The summed E-state index contributed by atoms with van der Waals surface area (Å²) in [7, 11) is 0. The number of aryl methyl sites for hydroxylation is 1. The second kappa shape index (κ2) is 8.10. The van der Waals surface area contributed by atoms with Gasteiger partial charge in [-0.15, -0.1) is 11.3 Å². The first-order chi connectivity index (χ1) is 12.5. The van der Waals surface area contributed by atoms with E-state index in [-0.39, 0.29) is 18.3 Å². The second-order valence-corrected chi connectivity index (χ2v) is 6.98. The van der Waals surface area contributed by atoms with Crippen molar-refractivity contribution in [1.82, 2.24) is 0 Å². The number of carbonyl (C=O) groups excluding carboxylic acids is 3. The molecule has 6 heteroatoms. The van der Waals surface area contributed by atoms with E-state index in [1.54, 1.807) is 35.2 Å². The van der Waals surface area contributed by atoms with Crippen LogP contribution in [0.15, 0.2) is 41.8 Å².